The number of hydrogen-bond donors (Lipinski definition) is 1. The van der Waals surface area contributed by atoms with Crippen LogP contribution in [-0.2, 0) is 4.79 Å². The Hall–Kier alpha value is -2.24. The second kappa shape index (κ2) is 7.98. The highest BCUT2D eigenvalue weighted by atomic mass is 35.5. The molecule has 0 spiro atoms. The number of amides is 1. The molecule has 0 atom stereocenters. The van der Waals surface area contributed by atoms with Crippen LogP contribution in [0.2, 0.25) is 5.02 Å². The lowest BCUT2D eigenvalue weighted by molar-refractivity contribution is -0.122. The smallest absolute Gasteiger partial charge is 0.266 e. The molecule has 1 aliphatic rings. The van der Waals surface area contributed by atoms with Gasteiger partial charge in [-0.15, -0.1) is 0 Å². The molecule has 0 aliphatic carbocycles. The number of aromatic hydroxyl groups is 1. The van der Waals surface area contributed by atoms with E-state index >= 15 is 0 Å². The number of halogens is 1. The molecule has 1 aliphatic heterocycles. The number of hydrogen-bond acceptors (Lipinski definition) is 4. The Morgan fingerprint density at radius 2 is 2.00 bits per heavy atom. The second-order valence-electron chi connectivity index (χ2n) is 6.36. The molecule has 1 heterocycles. The van der Waals surface area contributed by atoms with Crippen molar-refractivity contribution in [3.05, 3.63) is 64.0 Å². The Labute approximate surface area is 162 Å². The molecule has 2 aromatic carbocycles. The average Bonchev–Trinajstić information content (AvgIpc) is 2.85. The van der Waals surface area contributed by atoms with Gasteiger partial charge in [0.1, 0.15) is 5.75 Å². The maximum Gasteiger partial charge on any atom is 0.266 e. The predicted molar refractivity (Wildman–Crippen MR) is 109 cm³/mol. The van der Waals surface area contributed by atoms with Crippen molar-refractivity contribution in [2.75, 3.05) is 6.54 Å². The van der Waals surface area contributed by atoms with Gasteiger partial charge in [-0.05, 0) is 53.6 Å². The van der Waals surface area contributed by atoms with E-state index in [0.29, 0.717) is 33.2 Å². The topological polar surface area (TPSA) is 52.9 Å². The van der Waals surface area contributed by atoms with Crippen LogP contribution in [0, 0.1) is 5.92 Å². The first-order chi connectivity index (χ1) is 12.4. The third-order valence-corrected chi connectivity index (χ3v) is 5.00. The Morgan fingerprint density at radius 3 is 2.69 bits per heavy atom. The minimum atomic E-state index is -0.0853. The normalized spacial score (nSPS) is 17.7. The summed E-state index contributed by atoms with van der Waals surface area (Å²) in [4.78, 5) is 19.7. The van der Waals surface area contributed by atoms with Crippen molar-refractivity contribution >= 4 is 46.2 Å². The number of para-hydroxylation sites is 1. The van der Waals surface area contributed by atoms with Gasteiger partial charge in [0.25, 0.3) is 5.91 Å². The van der Waals surface area contributed by atoms with E-state index in [0.717, 1.165) is 5.56 Å². The van der Waals surface area contributed by atoms with E-state index in [2.05, 4.69) is 18.8 Å². The molecular weight excluding hydrogens is 368 g/mol. The molecule has 134 valence electrons. The Kier molecular flexibility index (Phi) is 5.69. The summed E-state index contributed by atoms with van der Waals surface area (Å²) < 4.78 is 0. The third-order valence-electron chi connectivity index (χ3n) is 3.67. The molecule has 1 fully saturated rings. The number of carbonyl (C=O) groups excluding carboxylic acids is 1. The van der Waals surface area contributed by atoms with Crippen molar-refractivity contribution in [2.24, 2.45) is 10.9 Å². The molecule has 1 saturated heterocycles. The van der Waals surface area contributed by atoms with E-state index < -0.39 is 0 Å². The summed E-state index contributed by atoms with van der Waals surface area (Å²) in [5, 5.41) is 10.8. The van der Waals surface area contributed by atoms with Gasteiger partial charge >= 0.3 is 0 Å². The Morgan fingerprint density at radius 1 is 1.23 bits per heavy atom. The monoisotopic (exact) mass is 386 g/mol. The highest BCUT2D eigenvalue weighted by Gasteiger charge is 2.33. The number of phenols is 1. The number of nitrogens with zero attached hydrogens (tertiary/aromatic N) is 2. The maximum absolute atomic E-state index is 12.9. The lowest BCUT2D eigenvalue weighted by Gasteiger charge is -2.17. The predicted octanol–water partition coefficient (Wildman–Crippen LogP) is 5.31. The highest BCUT2D eigenvalue weighted by molar-refractivity contribution is 8.18. The first-order valence-electron chi connectivity index (χ1n) is 8.27. The Bertz CT molecular complexity index is 893. The van der Waals surface area contributed by atoms with Crippen LogP contribution in [0.3, 0.4) is 0 Å². The fourth-order valence-corrected chi connectivity index (χ4v) is 3.71. The maximum atomic E-state index is 12.9. The van der Waals surface area contributed by atoms with Crippen LogP contribution in [0.4, 0.5) is 5.69 Å². The zero-order valence-corrected chi connectivity index (χ0v) is 16.1. The molecule has 26 heavy (non-hydrogen) atoms. The molecule has 1 amide bonds. The molecule has 6 heteroatoms. The number of amidine groups is 1. The van der Waals surface area contributed by atoms with Crippen LogP contribution < -0.4 is 0 Å². The largest absolute Gasteiger partial charge is 0.508 e. The molecule has 0 bridgehead atoms. The second-order valence-corrected chi connectivity index (χ2v) is 7.78. The minimum absolute atomic E-state index is 0.0853. The van der Waals surface area contributed by atoms with Gasteiger partial charge in [0.05, 0.1) is 15.6 Å². The molecule has 0 saturated carbocycles. The quantitative estimate of drug-likeness (QED) is 0.725. The number of phenolic OH excluding ortho intramolecular Hbond substituents is 1. The molecule has 0 unspecified atom stereocenters. The first-order valence-corrected chi connectivity index (χ1v) is 9.47. The van der Waals surface area contributed by atoms with Gasteiger partial charge < -0.3 is 5.11 Å². The van der Waals surface area contributed by atoms with Crippen molar-refractivity contribution in [2.45, 2.75) is 13.8 Å². The van der Waals surface area contributed by atoms with Crippen LogP contribution >= 0.6 is 23.4 Å². The van der Waals surface area contributed by atoms with Gasteiger partial charge in [-0.25, -0.2) is 4.99 Å². The fraction of sp³-hybridized carbons (Fsp3) is 0.200. The molecule has 1 N–H and O–H groups in total. The van der Waals surface area contributed by atoms with Crippen molar-refractivity contribution in [3.8, 4) is 5.75 Å². The molecule has 4 nitrogen and oxygen atoms in total. The van der Waals surface area contributed by atoms with Gasteiger partial charge in [-0.1, -0.05) is 49.7 Å². The molecule has 0 aromatic heterocycles. The third kappa shape index (κ3) is 4.29. The summed E-state index contributed by atoms with van der Waals surface area (Å²) in [7, 11) is 0. The van der Waals surface area contributed by atoms with Crippen molar-refractivity contribution in [1.82, 2.24) is 4.90 Å². The van der Waals surface area contributed by atoms with Crippen molar-refractivity contribution < 1.29 is 9.90 Å². The van der Waals surface area contributed by atoms with E-state index in [9.17, 15) is 9.90 Å². The van der Waals surface area contributed by atoms with Crippen LogP contribution in [0.15, 0.2) is 58.4 Å². The van der Waals surface area contributed by atoms with E-state index in [-0.39, 0.29) is 11.7 Å². The number of carbonyl (C=O) groups is 1. The van der Waals surface area contributed by atoms with Crippen LogP contribution in [0.25, 0.3) is 6.08 Å². The average molecular weight is 387 g/mol. The minimum Gasteiger partial charge on any atom is -0.508 e. The summed E-state index contributed by atoms with van der Waals surface area (Å²) in [6.07, 6.45) is 1.77. The summed E-state index contributed by atoms with van der Waals surface area (Å²) in [6.45, 7) is 4.69. The van der Waals surface area contributed by atoms with Crippen LogP contribution in [0.1, 0.15) is 19.4 Å². The van der Waals surface area contributed by atoms with E-state index in [1.54, 1.807) is 35.2 Å². The number of rotatable bonds is 4. The number of benzene rings is 2. The number of thioether (sulfide) groups is 1. The van der Waals surface area contributed by atoms with Gasteiger partial charge in [0.2, 0.25) is 0 Å². The first kappa shape index (κ1) is 18.5. The summed E-state index contributed by atoms with van der Waals surface area (Å²) >= 11 is 7.53. The fourth-order valence-electron chi connectivity index (χ4n) is 2.53. The highest BCUT2D eigenvalue weighted by Crippen LogP contribution is 2.36. The van der Waals surface area contributed by atoms with Gasteiger partial charge in [-0.3, -0.25) is 9.69 Å². The van der Waals surface area contributed by atoms with Crippen LogP contribution in [-0.4, -0.2) is 27.6 Å². The lowest BCUT2D eigenvalue weighted by atomic mass is 10.2. The zero-order chi connectivity index (χ0) is 18.7. The molecule has 2 aromatic rings. The number of aliphatic imine (C=N–C) groups is 1. The zero-order valence-electron chi connectivity index (χ0n) is 14.5. The molecular formula is C20H19ClN2O2S. The van der Waals surface area contributed by atoms with E-state index in [1.165, 1.54) is 11.8 Å². The summed E-state index contributed by atoms with van der Waals surface area (Å²) in [5.41, 5.74) is 1.40. The summed E-state index contributed by atoms with van der Waals surface area (Å²) in [6, 6.07) is 14.1. The molecule has 0 radical (unpaired) electrons. The standard InChI is InChI=1S/C20H19ClN2O2S/c1-13(2)12-23-19(25)18(11-14-6-5-7-15(24)10-14)26-20(23)22-17-9-4-3-8-16(17)21/h3-11,13,24H,12H2,1-2H3/b18-11+,22-20?. The van der Waals surface area contributed by atoms with E-state index in [4.69, 9.17) is 11.6 Å². The van der Waals surface area contributed by atoms with Crippen molar-refractivity contribution in [3.63, 3.8) is 0 Å². The Balaban J connectivity index is 1.98. The SMILES string of the molecule is CC(C)CN1C(=O)/C(=C\c2cccc(O)c2)SC1=Nc1ccccc1Cl. The van der Waals surface area contributed by atoms with Gasteiger partial charge in [0, 0.05) is 6.54 Å². The van der Waals surface area contributed by atoms with Crippen molar-refractivity contribution in [1.29, 1.82) is 0 Å². The van der Waals surface area contributed by atoms with Gasteiger partial charge in [-0.2, -0.15) is 0 Å². The molecule has 3 rings (SSSR count). The van der Waals surface area contributed by atoms with Gasteiger partial charge in [0.15, 0.2) is 5.17 Å². The van der Waals surface area contributed by atoms with Crippen LogP contribution in [0.5, 0.6) is 5.75 Å². The van der Waals surface area contributed by atoms with E-state index in [1.807, 2.05) is 24.3 Å². The lowest BCUT2D eigenvalue weighted by Crippen LogP contribution is -2.32. The summed E-state index contributed by atoms with van der Waals surface area (Å²) in [5.74, 6) is 0.382.